The average Bonchev–Trinajstić information content (AvgIpc) is 2.37. The molecule has 0 saturated heterocycles. The third-order valence-corrected chi connectivity index (χ3v) is 3.24. The van der Waals surface area contributed by atoms with Gasteiger partial charge in [-0.1, -0.05) is 13.0 Å². The molecular formula is C14H22ClFN2O2. The maximum Gasteiger partial charge on any atom is 0.224 e. The highest BCUT2D eigenvalue weighted by atomic mass is 35.5. The van der Waals surface area contributed by atoms with Gasteiger partial charge in [0.15, 0.2) is 11.6 Å². The Kier molecular flexibility index (Phi) is 7.53. The third-order valence-electron chi connectivity index (χ3n) is 3.24. The monoisotopic (exact) mass is 304 g/mol. The van der Waals surface area contributed by atoms with Crippen LogP contribution in [-0.2, 0) is 4.79 Å². The van der Waals surface area contributed by atoms with Crippen molar-refractivity contribution in [3.63, 3.8) is 0 Å². The smallest absolute Gasteiger partial charge is 0.224 e. The summed E-state index contributed by atoms with van der Waals surface area (Å²) in [4.78, 5) is 11.9. The Bertz CT molecular complexity index is 455. The number of methoxy groups -OCH3 is 1. The van der Waals surface area contributed by atoms with Gasteiger partial charge in [0.2, 0.25) is 5.91 Å². The Morgan fingerprint density at radius 3 is 2.40 bits per heavy atom. The minimum absolute atomic E-state index is 0. The summed E-state index contributed by atoms with van der Waals surface area (Å²) in [6, 6.07) is 4.13. The van der Waals surface area contributed by atoms with E-state index < -0.39 is 5.82 Å². The van der Waals surface area contributed by atoms with Crippen LogP contribution in [0.3, 0.4) is 0 Å². The molecule has 1 aromatic carbocycles. The fraction of sp³-hybridized carbons (Fsp3) is 0.500. The Balaban J connectivity index is 0.00000361. The van der Waals surface area contributed by atoms with Crippen LogP contribution in [0.5, 0.6) is 5.75 Å². The molecule has 3 N–H and O–H groups in total. The Hall–Kier alpha value is -1.33. The molecule has 0 saturated carbocycles. The fourth-order valence-corrected chi connectivity index (χ4v) is 1.62. The van der Waals surface area contributed by atoms with Crippen LogP contribution < -0.4 is 15.8 Å². The number of benzene rings is 1. The first kappa shape index (κ1) is 18.7. The Morgan fingerprint density at radius 1 is 1.35 bits per heavy atom. The van der Waals surface area contributed by atoms with Crippen molar-refractivity contribution in [2.45, 2.75) is 32.9 Å². The van der Waals surface area contributed by atoms with Gasteiger partial charge in [-0.25, -0.2) is 4.39 Å². The largest absolute Gasteiger partial charge is 0.494 e. The first-order valence-electron chi connectivity index (χ1n) is 6.26. The van der Waals surface area contributed by atoms with Crippen LogP contribution in [0.4, 0.5) is 4.39 Å². The van der Waals surface area contributed by atoms with Gasteiger partial charge in [0.05, 0.1) is 13.2 Å². The van der Waals surface area contributed by atoms with Gasteiger partial charge in [0, 0.05) is 12.0 Å². The summed E-state index contributed by atoms with van der Waals surface area (Å²) in [5, 5.41) is 2.82. The average molecular weight is 305 g/mol. The van der Waals surface area contributed by atoms with E-state index in [9.17, 15) is 9.18 Å². The van der Waals surface area contributed by atoms with Crippen molar-refractivity contribution in [1.29, 1.82) is 0 Å². The zero-order valence-corrected chi connectivity index (χ0v) is 13.0. The Morgan fingerprint density at radius 2 is 1.95 bits per heavy atom. The molecule has 0 aliphatic rings. The standard InChI is InChI=1S/C14H21FN2O2.ClH/c1-8(9(2)16)14(18)17-10(3)11-5-6-13(19-4)12(15)7-11;/h5-10H,16H2,1-4H3,(H,17,18);1H. The van der Waals surface area contributed by atoms with E-state index in [4.69, 9.17) is 10.5 Å². The number of carbonyl (C=O) groups is 1. The van der Waals surface area contributed by atoms with Crippen molar-refractivity contribution >= 4 is 18.3 Å². The van der Waals surface area contributed by atoms with E-state index in [0.29, 0.717) is 5.56 Å². The van der Waals surface area contributed by atoms with Crippen LogP contribution in [-0.4, -0.2) is 19.1 Å². The lowest BCUT2D eigenvalue weighted by molar-refractivity contribution is -0.125. The molecule has 0 aromatic heterocycles. The quantitative estimate of drug-likeness (QED) is 0.878. The SMILES string of the molecule is COc1ccc(C(C)NC(=O)C(C)C(C)N)cc1F.Cl. The number of rotatable bonds is 5. The molecule has 1 amide bonds. The van der Waals surface area contributed by atoms with E-state index in [2.05, 4.69) is 5.32 Å². The summed E-state index contributed by atoms with van der Waals surface area (Å²) in [6.07, 6.45) is 0. The van der Waals surface area contributed by atoms with Crippen molar-refractivity contribution in [2.24, 2.45) is 11.7 Å². The second kappa shape index (κ2) is 8.07. The number of amides is 1. The molecule has 0 aliphatic carbocycles. The summed E-state index contributed by atoms with van der Waals surface area (Å²) in [5.74, 6) is -0.683. The summed E-state index contributed by atoms with van der Waals surface area (Å²) < 4.78 is 18.4. The van der Waals surface area contributed by atoms with E-state index in [1.807, 2.05) is 0 Å². The predicted octanol–water partition coefficient (Wildman–Crippen LogP) is 2.42. The normalized spacial score (nSPS) is 14.7. The summed E-state index contributed by atoms with van der Waals surface area (Å²) in [5.41, 5.74) is 6.36. The van der Waals surface area contributed by atoms with Gasteiger partial charge in [-0.15, -0.1) is 12.4 Å². The van der Waals surface area contributed by atoms with Gasteiger partial charge in [-0.2, -0.15) is 0 Å². The number of hydrogen-bond acceptors (Lipinski definition) is 3. The molecule has 0 aliphatic heterocycles. The van der Waals surface area contributed by atoms with Crippen LogP contribution in [0.2, 0.25) is 0 Å². The Labute approximate surface area is 125 Å². The van der Waals surface area contributed by atoms with Crippen molar-refractivity contribution in [2.75, 3.05) is 7.11 Å². The topological polar surface area (TPSA) is 64.3 Å². The fourth-order valence-electron chi connectivity index (χ4n) is 1.62. The zero-order valence-electron chi connectivity index (χ0n) is 12.1. The molecule has 0 spiro atoms. The van der Waals surface area contributed by atoms with Crippen molar-refractivity contribution in [1.82, 2.24) is 5.32 Å². The van der Waals surface area contributed by atoms with Gasteiger partial charge in [-0.05, 0) is 31.5 Å². The van der Waals surface area contributed by atoms with Crippen molar-refractivity contribution in [3.8, 4) is 5.75 Å². The highest BCUT2D eigenvalue weighted by Crippen LogP contribution is 2.22. The molecule has 0 radical (unpaired) electrons. The van der Waals surface area contributed by atoms with E-state index >= 15 is 0 Å². The van der Waals surface area contributed by atoms with Crippen LogP contribution in [0, 0.1) is 11.7 Å². The van der Waals surface area contributed by atoms with Crippen molar-refractivity contribution < 1.29 is 13.9 Å². The van der Waals surface area contributed by atoms with Gasteiger partial charge >= 0.3 is 0 Å². The lowest BCUT2D eigenvalue weighted by atomic mass is 10.0. The van der Waals surface area contributed by atoms with E-state index in [-0.39, 0.29) is 42.1 Å². The minimum Gasteiger partial charge on any atom is -0.494 e. The third kappa shape index (κ3) is 4.65. The lowest BCUT2D eigenvalue weighted by Gasteiger charge is -2.20. The maximum absolute atomic E-state index is 13.6. The minimum atomic E-state index is -0.443. The van der Waals surface area contributed by atoms with Crippen LogP contribution >= 0.6 is 12.4 Å². The number of carbonyl (C=O) groups excluding carboxylic acids is 1. The zero-order chi connectivity index (χ0) is 14.6. The predicted molar refractivity (Wildman–Crippen MR) is 79.6 cm³/mol. The highest BCUT2D eigenvalue weighted by molar-refractivity contribution is 5.85. The molecule has 0 bridgehead atoms. The molecule has 3 unspecified atom stereocenters. The molecule has 6 heteroatoms. The molecule has 20 heavy (non-hydrogen) atoms. The number of hydrogen-bond donors (Lipinski definition) is 2. The molecule has 1 aromatic rings. The van der Waals surface area contributed by atoms with Gasteiger partial charge in [-0.3, -0.25) is 4.79 Å². The van der Waals surface area contributed by atoms with E-state index in [0.717, 1.165) is 0 Å². The van der Waals surface area contributed by atoms with Gasteiger partial charge < -0.3 is 15.8 Å². The second-order valence-electron chi connectivity index (χ2n) is 4.77. The molecule has 1 rings (SSSR count). The molecular weight excluding hydrogens is 283 g/mol. The van der Waals surface area contributed by atoms with Gasteiger partial charge in [0.25, 0.3) is 0 Å². The highest BCUT2D eigenvalue weighted by Gasteiger charge is 2.19. The second-order valence-corrected chi connectivity index (χ2v) is 4.77. The summed E-state index contributed by atoms with van der Waals surface area (Å²) >= 11 is 0. The number of ether oxygens (including phenoxy) is 1. The molecule has 4 nitrogen and oxygen atoms in total. The van der Waals surface area contributed by atoms with E-state index in [1.165, 1.54) is 13.2 Å². The lowest BCUT2D eigenvalue weighted by Crippen LogP contribution is -2.39. The first-order chi connectivity index (χ1) is 8.86. The number of nitrogens with one attached hydrogen (secondary N) is 1. The van der Waals surface area contributed by atoms with Crippen LogP contribution in [0.1, 0.15) is 32.4 Å². The molecule has 0 fully saturated rings. The van der Waals surface area contributed by atoms with Crippen LogP contribution in [0.15, 0.2) is 18.2 Å². The molecule has 3 atom stereocenters. The number of nitrogens with two attached hydrogens (primary N) is 1. The summed E-state index contributed by atoms with van der Waals surface area (Å²) in [6.45, 7) is 5.34. The van der Waals surface area contributed by atoms with Gasteiger partial charge in [0.1, 0.15) is 0 Å². The number of halogens is 2. The maximum atomic E-state index is 13.6. The summed E-state index contributed by atoms with van der Waals surface area (Å²) in [7, 11) is 1.41. The van der Waals surface area contributed by atoms with Crippen molar-refractivity contribution in [3.05, 3.63) is 29.6 Å². The van der Waals surface area contributed by atoms with E-state index in [1.54, 1.807) is 32.9 Å². The first-order valence-corrected chi connectivity index (χ1v) is 6.26. The molecule has 0 heterocycles. The van der Waals surface area contributed by atoms with Crippen LogP contribution in [0.25, 0.3) is 0 Å². The molecule has 114 valence electrons.